The van der Waals surface area contributed by atoms with Gasteiger partial charge in [0.25, 0.3) is 5.24 Å². The van der Waals surface area contributed by atoms with Gasteiger partial charge in [-0.3, -0.25) is 4.79 Å². The van der Waals surface area contributed by atoms with Crippen LogP contribution in [0.3, 0.4) is 0 Å². The van der Waals surface area contributed by atoms with E-state index >= 15 is 0 Å². The molecule has 0 radical (unpaired) electrons. The number of aliphatic imine (C=N–C) groups is 1. The molecule has 16 heavy (non-hydrogen) atoms. The first-order chi connectivity index (χ1) is 7.70. The average molecular weight is 232 g/mol. The molecule has 0 heterocycles. The Morgan fingerprint density at radius 1 is 1.12 bits per heavy atom. The number of benzene rings is 2. The molecule has 4 heteroatoms. The zero-order valence-electron chi connectivity index (χ0n) is 8.11. The van der Waals surface area contributed by atoms with Gasteiger partial charge in [0, 0.05) is 5.56 Å². The number of carbonyl (C=O) groups excluding carboxylic acids is 2. The molecule has 0 unspecified atom stereocenters. The number of carbonyl (C=O) groups is 1. The van der Waals surface area contributed by atoms with Crippen LogP contribution < -0.4 is 0 Å². The number of hydrogen-bond acceptors (Lipinski definition) is 3. The van der Waals surface area contributed by atoms with Crippen molar-refractivity contribution in [2.75, 3.05) is 0 Å². The van der Waals surface area contributed by atoms with Crippen LogP contribution in [-0.4, -0.2) is 11.3 Å². The highest BCUT2D eigenvalue weighted by molar-refractivity contribution is 6.67. The van der Waals surface area contributed by atoms with Crippen LogP contribution >= 0.6 is 11.6 Å². The van der Waals surface area contributed by atoms with Gasteiger partial charge in [-0.15, -0.1) is 0 Å². The van der Waals surface area contributed by atoms with E-state index in [0.29, 0.717) is 11.3 Å². The van der Waals surface area contributed by atoms with Gasteiger partial charge in [-0.25, -0.2) is 4.79 Å². The first-order valence-corrected chi connectivity index (χ1v) is 4.90. The van der Waals surface area contributed by atoms with Gasteiger partial charge >= 0.3 is 0 Å². The highest BCUT2D eigenvalue weighted by Gasteiger charge is 2.03. The van der Waals surface area contributed by atoms with E-state index in [0.717, 1.165) is 10.8 Å². The number of halogens is 1. The number of nitrogens with zero attached hydrogens (tertiary/aromatic N) is 1. The van der Waals surface area contributed by atoms with Crippen molar-refractivity contribution in [3.63, 3.8) is 0 Å². The lowest BCUT2D eigenvalue weighted by molar-refractivity contribution is 0.108. The molecular formula is C12H6ClNO2. The Morgan fingerprint density at radius 2 is 1.81 bits per heavy atom. The Balaban J connectivity index is 2.61. The standard InChI is InChI=1S/C12H6ClNO2/c13-12(16)10-2-1-9-6-11(14-7-15)4-3-8(9)5-10/h1-6H. The summed E-state index contributed by atoms with van der Waals surface area (Å²) < 4.78 is 0. The zero-order chi connectivity index (χ0) is 11.5. The molecule has 0 aliphatic rings. The third-order valence-electron chi connectivity index (χ3n) is 2.23. The van der Waals surface area contributed by atoms with Crippen molar-refractivity contribution in [3.8, 4) is 0 Å². The van der Waals surface area contributed by atoms with Crippen molar-refractivity contribution < 1.29 is 9.59 Å². The molecule has 78 valence electrons. The smallest absolute Gasteiger partial charge is 0.252 e. The summed E-state index contributed by atoms with van der Waals surface area (Å²) in [4.78, 5) is 24.6. The third-order valence-corrected chi connectivity index (χ3v) is 2.44. The van der Waals surface area contributed by atoms with Gasteiger partial charge in [-0.1, -0.05) is 12.1 Å². The van der Waals surface area contributed by atoms with E-state index in [-0.39, 0.29) is 0 Å². The summed E-state index contributed by atoms with van der Waals surface area (Å²) in [5, 5.41) is 1.27. The Kier molecular flexibility index (Phi) is 2.82. The second kappa shape index (κ2) is 4.27. The SMILES string of the molecule is O=C=Nc1ccc2cc(C(=O)Cl)ccc2c1. The van der Waals surface area contributed by atoms with Gasteiger partial charge in [0.1, 0.15) is 0 Å². The molecular weight excluding hydrogens is 226 g/mol. The van der Waals surface area contributed by atoms with E-state index in [1.165, 1.54) is 6.08 Å². The second-order valence-electron chi connectivity index (χ2n) is 3.22. The number of isocyanates is 1. The topological polar surface area (TPSA) is 46.5 Å². The molecule has 0 bridgehead atoms. The molecule has 0 fully saturated rings. The summed E-state index contributed by atoms with van der Waals surface area (Å²) in [5.74, 6) is 0. The van der Waals surface area contributed by atoms with E-state index < -0.39 is 5.24 Å². The molecule has 2 rings (SSSR count). The van der Waals surface area contributed by atoms with Gasteiger partial charge in [0.15, 0.2) is 0 Å². The van der Waals surface area contributed by atoms with E-state index in [4.69, 9.17) is 11.6 Å². The fraction of sp³-hybridized carbons (Fsp3) is 0. The van der Waals surface area contributed by atoms with Gasteiger partial charge in [0.2, 0.25) is 6.08 Å². The maximum Gasteiger partial charge on any atom is 0.252 e. The van der Waals surface area contributed by atoms with Crippen molar-refractivity contribution in [1.82, 2.24) is 0 Å². The lowest BCUT2D eigenvalue weighted by Crippen LogP contribution is -1.87. The predicted molar refractivity (Wildman–Crippen MR) is 61.9 cm³/mol. The van der Waals surface area contributed by atoms with E-state index in [2.05, 4.69) is 4.99 Å². The maximum atomic E-state index is 11.0. The highest BCUT2D eigenvalue weighted by Crippen LogP contribution is 2.22. The van der Waals surface area contributed by atoms with Crippen LogP contribution in [-0.2, 0) is 4.79 Å². The fourth-order valence-electron chi connectivity index (χ4n) is 1.48. The zero-order valence-corrected chi connectivity index (χ0v) is 8.86. The van der Waals surface area contributed by atoms with Gasteiger partial charge in [-0.05, 0) is 46.6 Å². The summed E-state index contributed by atoms with van der Waals surface area (Å²) in [6.45, 7) is 0. The molecule has 2 aromatic carbocycles. The summed E-state index contributed by atoms with van der Waals surface area (Å²) in [6, 6.07) is 10.3. The minimum atomic E-state index is -0.489. The lowest BCUT2D eigenvalue weighted by Gasteiger charge is -2.00. The van der Waals surface area contributed by atoms with Crippen LogP contribution in [0, 0.1) is 0 Å². The molecule has 0 aliphatic carbocycles. The molecule has 0 N–H and O–H groups in total. The van der Waals surface area contributed by atoms with Crippen LogP contribution in [0.5, 0.6) is 0 Å². The molecule has 0 aliphatic heterocycles. The van der Waals surface area contributed by atoms with Crippen LogP contribution in [0.4, 0.5) is 5.69 Å². The molecule has 0 spiro atoms. The number of hydrogen-bond donors (Lipinski definition) is 0. The van der Waals surface area contributed by atoms with E-state index in [1.54, 1.807) is 36.4 Å². The third kappa shape index (κ3) is 2.01. The molecule has 3 nitrogen and oxygen atoms in total. The quantitative estimate of drug-likeness (QED) is 0.453. The Hall–Kier alpha value is -1.96. The Labute approximate surface area is 96.4 Å². The van der Waals surface area contributed by atoms with Gasteiger partial charge in [-0.2, -0.15) is 4.99 Å². The van der Waals surface area contributed by atoms with Gasteiger partial charge in [0.05, 0.1) is 5.69 Å². The summed E-state index contributed by atoms with van der Waals surface area (Å²) in [6.07, 6.45) is 1.48. The van der Waals surface area contributed by atoms with E-state index in [1.807, 2.05) is 0 Å². The average Bonchev–Trinajstić information content (AvgIpc) is 2.28. The number of fused-ring (bicyclic) bond motifs is 1. The highest BCUT2D eigenvalue weighted by atomic mass is 35.5. The first-order valence-electron chi connectivity index (χ1n) is 4.52. The Morgan fingerprint density at radius 3 is 2.50 bits per heavy atom. The van der Waals surface area contributed by atoms with Crippen LogP contribution in [0.1, 0.15) is 10.4 Å². The molecule has 2 aromatic rings. The summed E-state index contributed by atoms with van der Waals surface area (Å²) in [7, 11) is 0. The van der Waals surface area contributed by atoms with Crippen molar-refractivity contribution in [3.05, 3.63) is 42.0 Å². The maximum absolute atomic E-state index is 11.0. The number of rotatable bonds is 2. The summed E-state index contributed by atoms with van der Waals surface area (Å²) >= 11 is 5.38. The largest absolute Gasteiger partial charge is 0.276 e. The molecule has 0 saturated carbocycles. The lowest BCUT2D eigenvalue weighted by atomic mass is 10.1. The van der Waals surface area contributed by atoms with Crippen molar-refractivity contribution in [2.24, 2.45) is 4.99 Å². The molecule has 0 saturated heterocycles. The van der Waals surface area contributed by atoms with Crippen LogP contribution in [0.15, 0.2) is 41.4 Å². The summed E-state index contributed by atoms with van der Waals surface area (Å²) in [5.41, 5.74) is 0.980. The second-order valence-corrected chi connectivity index (χ2v) is 3.57. The normalized spacial score (nSPS) is 9.81. The molecule has 0 atom stereocenters. The van der Waals surface area contributed by atoms with Gasteiger partial charge < -0.3 is 0 Å². The fourth-order valence-corrected chi connectivity index (χ4v) is 1.60. The monoisotopic (exact) mass is 231 g/mol. The predicted octanol–water partition coefficient (Wildman–Crippen LogP) is 3.19. The Bertz CT molecular complexity index is 574. The minimum Gasteiger partial charge on any atom is -0.276 e. The van der Waals surface area contributed by atoms with Crippen LogP contribution in [0.2, 0.25) is 0 Å². The van der Waals surface area contributed by atoms with Crippen LogP contribution in [0.25, 0.3) is 10.8 Å². The van der Waals surface area contributed by atoms with Crippen molar-refractivity contribution >= 4 is 39.4 Å². The molecule has 0 amide bonds. The molecule has 0 aromatic heterocycles. The minimum absolute atomic E-state index is 0.445. The van der Waals surface area contributed by atoms with Crippen molar-refractivity contribution in [2.45, 2.75) is 0 Å². The van der Waals surface area contributed by atoms with Crippen molar-refractivity contribution in [1.29, 1.82) is 0 Å². The van der Waals surface area contributed by atoms with E-state index in [9.17, 15) is 9.59 Å². The first kappa shape index (κ1) is 10.6.